The molecule has 30 heavy (non-hydrogen) atoms. The first-order chi connectivity index (χ1) is 14.3. The third-order valence-corrected chi connectivity index (χ3v) is 6.19. The van der Waals surface area contributed by atoms with Gasteiger partial charge in [0.15, 0.2) is 0 Å². The standard InChI is InChI=1S/C23H30N2O5/c1-4-5-12-30-15-8-6-14(7-9-15)21(26)24-25-22(27)19-16-10-11-17(18(16)13(2)3)20(19)23(28)29/h6-9,16-17,19-20H,4-5,10-12H2,1-3H3,(H,24,26)(H,25,27)(H,28,29)/t16-,17-,19-,20+/m0/s1. The lowest BCUT2D eigenvalue weighted by atomic mass is 9.79. The van der Waals surface area contributed by atoms with Crippen LogP contribution in [0.3, 0.4) is 0 Å². The number of carbonyl (C=O) groups is 3. The number of rotatable bonds is 7. The number of unbranched alkanes of at least 4 members (excludes halogenated alkanes) is 1. The van der Waals surface area contributed by atoms with Gasteiger partial charge in [-0.2, -0.15) is 0 Å². The highest BCUT2D eigenvalue weighted by Crippen LogP contribution is 2.57. The Bertz CT molecular complexity index is 842. The predicted molar refractivity (Wildman–Crippen MR) is 112 cm³/mol. The molecular weight excluding hydrogens is 384 g/mol. The van der Waals surface area contributed by atoms with Gasteiger partial charge in [0.25, 0.3) is 5.91 Å². The summed E-state index contributed by atoms with van der Waals surface area (Å²) in [4.78, 5) is 37.1. The summed E-state index contributed by atoms with van der Waals surface area (Å²) in [7, 11) is 0. The van der Waals surface area contributed by atoms with Crippen molar-refractivity contribution in [3.8, 4) is 5.75 Å². The number of fused-ring (bicyclic) bond motifs is 2. The van der Waals surface area contributed by atoms with Crippen molar-refractivity contribution in [2.24, 2.45) is 23.7 Å². The molecular formula is C23H30N2O5. The highest BCUT2D eigenvalue weighted by atomic mass is 16.5. The van der Waals surface area contributed by atoms with Gasteiger partial charge in [-0.3, -0.25) is 25.2 Å². The van der Waals surface area contributed by atoms with Crippen LogP contribution in [0, 0.1) is 23.7 Å². The minimum absolute atomic E-state index is 0.0717. The number of allylic oxidation sites excluding steroid dienone is 2. The number of aliphatic carboxylic acids is 1. The van der Waals surface area contributed by atoms with Crippen molar-refractivity contribution in [2.75, 3.05) is 6.61 Å². The molecule has 1 aromatic carbocycles. The Morgan fingerprint density at radius 1 is 1.03 bits per heavy atom. The second kappa shape index (κ2) is 9.32. The van der Waals surface area contributed by atoms with Crippen LogP contribution in [-0.4, -0.2) is 29.5 Å². The molecule has 2 fully saturated rings. The van der Waals surface area contributed by atoms with Crippen LogP contribution in [0.25, 0.3) is 0 Å². The molecule has 0 saturated heterocycles. The average Bonchev–Trinajstić information content (AvgIpc) is 3.29. The Labute approximate surface area is 176 Å². The zero-order valence-electron chi connectivity index (χ0n) is 17.7. The van der Waals surface area contributed by atoms with E-state index < -0.39 is 29.6 Å². The maximum absolute atomic E-state index is 12.8. The molecule has 2 aliphatic rings. The molecule has 0 aromatic heterocycles. The number of amides is 2. The van der Waals surface area contributed by atoms with E-state index in [1.54, 1.807) is 24.3 Å². The molecule has 2 bridgehead atoms. The van der Waals surface area contributed by atoms with Gasteiger partial charge < -0.3 is 9.84 Å². The van der Waals surface area contributed by atoms with Crippen LogP contribution >= 0.6 is 0 Å². The first kappa shape index (κ1) is 21.9. The molecule has 0 spiro atoms. The van der Waals surface area contributed by atoms with Gasteiger partial charge in [0, 0.05) is 5.56 Å². The zero-order valence-corrected chi connectivity index (χ0v) is 17.7. The summed E-state index contributed by atoms with van der Waals surface area (Å²) >= 11 is 0. The number of carboxylic acid groups (broad SMARTS) is 1. The summed E-state index contributed by atoms with van der Waals surface area (Å²) in [6, 6.07) is 6.68. The molecule has 2 amide bonds. The van der Waals surface area contributed by atoms with Crippen molar-refractivity contribution >= 4 is 17.8 Å². The highest BCUT2D eigenvalue weighted by molar-refractivity contribution is 5.96. The molecule has 7 heteroatoms. The fraction of sp³-hybridized carbons (Fsp3) is 0.522. The van der Waals surface area contributed by atoms with Gasteiger partial charge in [0.2, 0.25) is 5.91 Å². The topological polar surface area (TPSA) is 105 Å². The number of nitrogens with one attached hydrogen (secondary N) is 2. The van der Waals surface area contributed by atoms with Gasteiger partial charge in [-0.1, -0.05) is 24.5 Å². The number of hydrazine groups is 1. The molecule has 7 nitrogen and oxygen atoms in total. The van der Waals surface area contributed by atoms with Crippen molar-refractivity contribution < 1.29 is 24.2 Å². The number of hydrogen-bond acceptors (Lipinski definition) is 4. The van der Waals surface area contributed by atoms with E-state index in [4.69, 9.17) is 4.74 Å². The third-order valence-electron chi connectivity index (χ3n) is 6.19. The van der Waals surface area contributed by atoms with E-state index in [9.17, 15) is 19.5 Å². The second-order valence-electron chi connectivity index (χ2n) is 8.31. The number of hydrogen-bond donors (Lipinski definition) is 3. The molecule has 2 saturated carbocycles. The minimum Gasteiger partial charge on any atom is -0.494 e. The molecule has 0 unspecified atom stereocenters. The van der Waals surface area contributed by atoms with Gasteiger partial charge in [-0.05, 0) is 69.2 Å². The fourth-order valence-corrected chi connectivity index (χ4v) is 4.92. The van der Waals surface area contributed by atoms with Crippen LogP contribution in [0.4, 0.5) is 0 Å². The van der Waals surface area contributed by atoms with Gasteiger partial charge in [-0.25, -0.2) is 0 Å². The van der Waals surface area contributed by atoms with Gasteiger partial charge in [0.1, 0.15) is 5.75 Å². The smallest absolute Gasteiger partial charge is 0.307 e. The molecule has 0 heterocycles. The van der Waals surface area contributed by atoms with Crippen LogP contribution in [0.5, 0.6) is 5.75 Å². The second-order valence-corrected chi connectivity index (χ2v) is 8.31. The predicted octanol–water partition coefficient (Wildman–Crippen LogP) is 3.32. The largest absolute Gasteiger partial charge is 0.494 e. The fourth-order valence-electron chi connectivity index (χ4n) is 4.92. The van der Waals surface area contributed by atoms with Crippen molar-refractivity contribution in [2.45, 2.75) is 46.5 Å². The maximum atomic E-state index is 12.8. The number of benzene rings is 1. The van der Waals surface area contributed by atoms with E-state index in [-0.39, 0.29) is 11.8 Å². The number of carbonyl (C=O) groups excluding carboxylic acids is 2. The van der Waals surface area contributed by atoms with Crippen molar-refractivity contribution in [3.05, 3.63) is 41.0 Å². The van der Waals surface area contributed by atoms with Gasteiger partial charge in [0.05, 0.1) is 18.4 Å². The molecule has 3 rings (SSSR count). The van der Waals surface area contributed by atoms with E-state index in [1.165, 1.54) is 0 Å². The number of ether oxygens (including phenoxy) is 1. The van der Waals surface area contributed by atoms with Crippen LogP contribution in [0.15, 0.2) is 35.4 Å². The molecule has 162 valence electrons. The summed E-state index contributed by atoms with van der Waals surface area (Å²) in [5.41, 5.74) is 7.45. The Morgan fingerprint density at radius 3 is 2.23 bits per heavy atom. The lowest BCUT2D eigenvalue weighted by Gasteiger charge is -2.26. The SMILES string of the molecule is CCCCOc1ccc(C(=O)NNC(=O)[C@@H]2[C@H](C(=O)O)[C@H]3CC[C@H]2C3=C(C)C)cc1. The van der Waals surface area contributed by atoms with E-state index >= 15 is 0 Å². The molecule has 2 aliphatic carbocycles. The van der Waals surface area contributed by atoms with Crippen LogP contribution in [-0.2, 0) is 9.59 Å². The first-order valence-electron chi connectivity index (χ1n) is 10.6. The minimum atomic E-state index is -0.953. The van der Waals surface area contributed by atoms with Gasteiger partial charge in [-0.15, -0.1) is 0 Å². The Kier molecular flexibility index (Phi) is 6.80. The summed E-state index contributed by atoms with van der Waals surface area (Å²) in [6.45, 7) is 6.65. The molecule has 3 N–H and O–H groups in total. The Morgan fingerprint density at radius 2 is 1.67 bits per heavy atom. The third kappa shape index (κ3) is 4.35. The molecule has 4 atom stereocenters. The normalized spacial score (nSPS) is 24.4. The van der Waals surface area contributed by atoms with E-state index in [0.717, 1.165) is 36.8 Å². The molecule has 0 radical (unpaired) electrons. The van der Waals surface area contributed by atoms with E-state index in [2.05, 4.69) is 17.8 Å². The molecule has 1 aromatic rings. The van der Waals surface area contributed by atoms with Crippen LogP contribution in [0.1, 0.15) is 56.8 Å². The van der Waals surface area contributed by atoms with E-state index in [0.29, 0.717) is 17.9 Å². The lowest BCUT2D eigenvalue weighted by Crippen LogP contribution is -2.48. The number of carboxylic acids is 1. The molecule has 0 aliphatic heterocycles. The maximum Gasteiger partial charge on any atom is 0.307 e. The van der Waals surface area contributed by atoms with Crippen molar-refractivity contribution in [3.63, 3.8) is 0 Å². The summed E-state index contributed by atoms with van der Waals surface area (Å²) < 4.78 is 5.58. The zero-order chi connectivity index (χ0) is 21.8. The van der Waals surface area contributed by atoms with Gasteiger partial charge >= 0.3 is 5.97 Å². The average molecular weight is 415 g/mol. The Hall–Kier alpha value is -2.83. The quantitative estimate of drug-likeness (QED) is 0.361. The van der Waals surface area contributed by atoms with Crippen LogP contribution < -0.4 is 15.6 Å². The van der Waals surface area contributed by atoms with Crippen molar-refractivity contribution in [1.82, 2.24) is 10.9 Å². The monoisotopic (exact) mass is 414 g/mol. The summed E-state index contributed by atoms with van der Waals surface area (Å²) in [5, 5.41) is 9.71. The van der Waals surface area contributed by atoms with Crippen molar-refractivity contribution in [1.29, 1.82) is 0 Å². The summed E-state index contributed by atoms with van der Waals surface area (Å²) in [6.07, 6.45) is 3.61. The highest BCUT2D eigenvalue weighted by Gasteiger charge is 2.57. The first-order valence-corrected chi connectivity index (χ1v) is 10.6. The van der Waals surface area contributed by atoms with Crippen LogP contribution in [0.2, 0.25) is 0 Å². The lowest BCUT2D eigenvalue weighted by molar-refractivity contribution is -0.149. The van der Waals surface area contributed by atoms with E-state index in [1.807, 2.05) is 13.8 Å². The Balaban J connectivity index is 1.61. The summed E-state index contributed by atoms with van der Waals surface area (Å²) in [5.74, 6) is -2.74.